The number of esters is 1. The maximum Gasteiger partial charge on any atom is 0.337 e. The monoisotopic (exact) mass is 987 g/mol. The van der Waals surface area contributed by atoms with Crippen LogP contribution in [-0.2, 0) is 30.7 Å². The number of ether oxygens (including phenoxy) is 1. The van der Waals surface area contributed by atoms with Crippen LogP contribution in [-0.4, -0.2) is 35.3 Å². The highest BCUT2D eigenvalue weighted by atomic mass is 35.5. The lowest BCUT2D eigenvalue weighted by molar-refractivity contribution is 0.0600. The molecule has 0 saturated heterocycles. The van der Waals surface area contributed by atoms with Gasteiger partial charge < -0.3 is 34.2 Å². The standard InChI is InChI=1S/C31H26N2O3.C30H23N3O.2ClH/c1-35-31(34)22-7-4-6-20(16-22)18-33-19-23(14-15-32)27-17-21(12-13-28(27)33)24-9-5-10-26-25-8-2-3-11-29(25)36-30(24)26;31-15-14-23-19-33(18-22-7-2-1-6-21(22)17-32)28-13-12-20(16-27(23)28)24-9-5-10-26-25-8-3-4-11-29(25)34-30(24)26;;/h2-13,16-17,19H,14-15,18,32H2,1H3;1-13,16,19H,14-15,18,31H2;2*1H. The first kappa shape index (κ1) is 48.9. The number of benzene rings is 8. The Hall–Kier alpha value is -8.10. The largest absolute Gasteiger partial charge is 0.465 e. The van der Waals surface area contributed by atoms with Crippen molar-refractivity contribution in [2.45, 2.75) is 25.9 Å². The average Bonchev–Trinajstić information content (AvgIpc) is 4.17. The van der Waals surface area contributed by atoms with Crippen LogP contribution < -0.4 is 11.5 Å². The summed E-state index contributed by atoms with van der Waals surface area (Å²) in [6, 6.07) is 59.7. The van der Waals surface area contributed by atoms with Gasteiger partial charge in [-0.05, 0) is 114 Å². The average molecular weight is 989 g/mol. The van der Waals surface area contributed by atoms with Crippen LogP contribution in [0.5, 0.6) is 0 Å². The molecule has 9 nitrogen and oxygen atoms in total. The quantitative estimate of drug-likeness (QED) is 0.123. The van der Waals surface area contributed by atoms with Crippen LogP contribution in [0.25, 0.3) is 87.9 Å². The van der Waals surface area contributed by atoms with Gasteiger partial charge in [0, 0.05) is 80.0 Å². The number of aromatic nitrogens is 2. The number of fused-ring (bicyclic) bond motifs is 8. The van der Waals surface area contributed by atoms with Gasteiger partial charge in [0.05, 0.1) is 24.3 Å². The van der Waals surface area contributed by atoms with Gasteiger partial charge >= 0.3 is 5.97 Å². The minimum atomic E-state index is -0.331. The van der Waals surface area contributed by atoms with E-state index in [0.717, 1.165) is 101 Å². The van der Waals surface area contributed by atoms with Crippen molar-refractivity contribution in [3.63, 3.8) is 0 Å². The van der Waals surface area contributed by atoms with Gasteiger partial charge in [0.1, 0.15) is 22.3 Å². The second-order valence-electron chi connectivity index (χ2n) is 17.6. The number of halogens is 2. The van der Waals surface area contributed by atoms with Crippen molar-refractivity contribution in [1.29, 1.82) is 5.26 Å². The van der Waals surface area contributed by atoms with Crippen molar-refractivity contribution >= 4 is 96.5 Å². The maximum absolute atomic E-state index is 12.0. The first-order valence-corrected chi connectivity index (χ1v) is 23.5. The topological polar surface area (TPSA) is 138 Å². The molecule has 11 heteroatoms. The summed E-state index contributed by atoms with van der Waals surface area (Å²) in [5.74, 6) is -0.331. The van der Waals surface area contributed by atoms with Crippen LogP contribution in [0.2, 0.25) is 0 Å². The molecular weight excluding hydrogens is 938 g/mol. The first-order valence-electron chi connectivity index (χ1n) is 23.5. The van der Waals surface area contributed by atoms with E-state index >= 15 is 0 Å². The van der Waals surface area contributed by atoms with Gasteiger partial charge in [-0.15, -0.1) is 24.8 Å². The summed E-state index contributed by atoms with van der Waals surface area (Å²) in [7, 11) is 1.40. The van der Waals surface area contributed by atoms with Crippen LogP contribution in [0, 0.1) is 11.3 Å². The van der Waals surface area contributed by atoms with Gasteiger partial charge in [-0.2, -0.15) is 5.26 Å². The fraction of sp³-hybridized carbons (Fsp3) is 0.115. The van der Waals surface area contributed by atoms with Gasteiger partial charge in [0.25, 0.3) is 0 Å². The molecule has 0 aliphatic heterocycles. The number of carbonyl (C=O) groups is 1. The number of para-hydroxylation sites is 4. The Morgan fingerprint density at radius 1 is 0.542 bits per heavy atom. The zero-order valence-electron chi connectivity index (χ0n) is 39.5. The number of rotatable bonds is 11. The van der Waals surface area contributed by atoms with Crippen molar-refractivity contribution in [3.8, 4) is 28.3 Å². The highest BCUT2D eigenvalue weighted by molar-refractivity contribution is 6.11. The third-order valence-corrected chi connectivity index (χ3v) is 13.4. The second kappa shape index (κ2) is 21.1. The van der Waals surface area contributed by atoms with E-state index in [1.54, 1.807) is 6.07 Å². The van der Waals surface area contributed by atoms with Gasteiger partial charge in [0.2, 0.25) is 0 Å². The number of nitriles is 1. The number of carbonyl (C=O) groups excluding carboxylic acids is 1. The second-order valence-corrected chi connectivity index (χ2v) is 17.6. The number of nitrogens with two attached hydrogens (primary N) is 2. The molecule has 72 heavy (non-hydrogen) atoms. The number of nitrogens with zero attached hydrogens (tertiary/aromatic N) is 3. The number of furan rings is 2. The van der Waals surface area contributed by atoms with E-state index < -0.39 is 0 Å². The molecule has 358 valence electrons. The van der Waals surface area contributed by atoms with E-state index in [-0.39, 0.29) is 30.8 Å². The Bertz CT molecular complexity index is 3990. The molecule has 0 fully saturated rings. The Balaban J connectivity index is 0.000000173. The number of methoxy groups -OCH3 is 1. The fourth-order valence-electron chi connectivity index (χ4n) is 10.1. The fourth-order valence-corrected chi connectivity index (χ4v) is 10.1. The van der Waals surface area contributed by atoms with Gasteiger partial charge in [0.15, 0.2) is 0 Å². The van der Waals surface area contributed by atoms with Crippen molar-refractivity contribution < 1.29 is 18.4 Å². The van der Waals surface area contributed by atoms with Gasteiger partial charge in [-0.25, -0.2) is 4.79 Å². The Labute approximate surface area is 428 Å². The van der Waals surface area contributed by atoms with Gasteiger partial charge in [-0.3, -0.25) is 0 Å². The van der Waals surface area contributed by atoms with E-state index in [2.05, 4.69) is 113 Å². The summed E-state index contributed by atoms with van der Waals surface area (Å²) >= 11 is 0. The van der Waals surface area contributed by atoms with Crippen LogP contribution >= 0.6 is 24.8 Å². The summed E-state index contributed by atoms with van der Waals surface area (Å²) in [6.07, 6.45) is 5.93. The molecule has 12 rings (SSSR count). The summed E-state index contributed by atoms with van der Waals surface area (Å²) < 4.78 is 21.9. The van der Waals surface area contributed by atoms with E-state index in [4.69, 9.17) is 25.0 Å². The molecule has 0 amide bonds. The van der Waals surface area contributed by atoms with Crippen molar-refractivity contribution in [2.24, 2.45) is 11.5 Å². The predicted molar refractivity (Wildman–Crippen MR) is 296 cm³/mol. The summed E-state index contributed by atoms with van der Waals surface area (Å²) in [5, 5.41) is 16.4. The van der Waals surface area contributed by atoms with Crippen LogP contribution in [0.3, 0.4) is 0 Å². The molecule has 0 aliphatic rings. The maximum atomic E-state index is 12.0. The van der Waals surface area contributed by atoms with E-state index in [1.807, 2.05) is 78.9 Å². The molecule has 0 aliphatic carbocycles. The Morgan fingerprint density at radius 2 is 1.04 bits per heavy atom. The summed E-state index contributed by atoms with van der Waals surface area (Å²) in [4.78, 5) is 12.0. The number of hydrogen-bond acceptors (Lipinski definition) is 7. The molecule has 4 N–H and O–H groups in total. The summed E-state index contributed by atoms with van der Waals surface area (Å²) in [5.41, 5.74) is 27.9. The molecule has 0 bridgehead atoms. The third kappa shape index (κ3) is 9.09. The Kier molecular flexibility index (Phi) is 14.3. The first-order chi connectivity index (χ1) is 34.4. The van der Waals surface area contributed by atoms with E-state index in [0.29, 0.717) is 37.3 Å². The lowest BCUT2D eigenvalue weighted by Gasteiger charge is -2.08. The zero-order valence-corrected chi connectivity index (χ0v) is 41.1. The molecule has 4 heterocycles. The number of hydrogen-bond donors (Lipinski definition) is 2. The molecular formula is C61H51Cl2N5O4. The van der Waals surface area contributed by atoms with Crippen molar-refractivity contribution in [1.82, 2.24) is 9.13 Å². The van der Waals surface area contributed by atoms with E-state index in [9.17, 15) is 10.1 Å². The molecule has 4 aromatic heterocycles. The SMILES string of the molecule is COC(=O)c1cccc(Cn2cc(CCN)c3cc(-c4cccc5c4oc4ccccc45)ccc32)c1.Cl.Cl.N#Cc1ccccc1Cn1cc(CCN)c2cc(-c3cccc4c3oc3ccccc34)ccc21. The van der Waals surface area contributed by atoms with Crippen LogP contribution in [0.1, 0.15) is 38.2 Å². The minimum absolute atomic E-state index is 0. The molecule has 12 aromatic rings. The smallest absolute Gasteiger partial charge is 0.337 e. The highest BCUT2D eigenvalue weighted by Crippen LogP contribution is 2.39. The van der Waals surface area contributed by atoms with Crippen molar-refractivity contribution in [3.05, 3.63) is 216 Å². The van der Waals surface area contributed by atoms with Crippen LogP contribution in [0.4, 0.5) is 0 Å². The summed E-state index contributed by atoms with van der Waals surface area (Å²) in [6.45, 7) is 2.44. The molecule has 0 unspecified atom stereocenters. The molecule has 8 aromatic carbocycles. The van der Waals surface area contributed by atoms with Crippen molar-refractivity contribution in [2.75, 3.05) is 20.2 Å². The zero-order chi connectivity index (χ0) is 47.7. The minimum Gasteiger partial charge on any atom is -0.465 e. The predicted octanol–water partition coefficient (Wildman–Crippen LogP) is 14.0. The lowest BCUT2D eigenvalue weighted by Crippen LogP contribution is -2.04. The molecule has 0 atom stereocenters. The lowest BCUT2D eigenvalue weighted by atomic mass is 9.99. The molecule has 0 saturated carbocycles. The third-order valence-electron chi connectivity index (χ3n) is 13.4. The van der Waals surface area contributed by atoms with E-state index in [1.165, 1.54) is 29.0 Å². The highest BCUT2D eigenvalue weighted by Gasteiger charge is 2.18. The van der Waals surface area contributed by atoms with Gasteiger partial charge in [-0.1, -0.05) is 115 Å². The Morgan fingerprint density at radius 3 is 1.58 bits per heavy atom. The molecule has 0 spiro atoms. The normalized spacial score (nSPS) is 11.1. The van der Waals surface area contributed by atoms with Crippen LogP contribution in [0.15, 0.2) is 191 Å². The molecule has 0 radical (unpaired) electrons.